The van der Waals surface area contributed by atoms with Gasteiger partial charge in [0.1, 0.15) is 6.61 Å². The molecule has 1 aromatic rings. The van der Waals surface area contributed by atoms with E-state index in [0.717, 1.165) is 10.5 Å². The molecule has 0 aliphatic heterocycles. The molecule has 1 N–H and O–H groups in total. The van der Waals surface area contributed by atoms with Crippen molar-refractivity contribution in [2.75, 3.05) is 6.54 Å². The molecule has 0 spiro atoms. The third-order valence-electron chi connectivity index (χ3n) is 4.04. The number of Topliss-reactive ketones (excluding diaryl/α,β-unsaturated/α-hetero) is 1. The minimum Gasteiger partial charge on any atom is -0.479 e. The Kier molecular flexibility index (Phi) is 7.61. The van der Waals surface area contributed by atoms with Crippen molar-refractivity contribution in [1.29, 1.82) is 0 Å². The molecule has 6 nitrogen and oxygen atoms in total. The lowest BCUT2D eigenvalue weighted by Gasteiger charge is -2.39. The third kappa shape index (κ3) is 4.81. The fourth-order valence-electron chi connectivity index (χ4n) is 2.93. The smallest absolute Gasteiger partial charge is 0.411 e. The van der Waals surface area contributed by atoms with Crippen LogP contribution in [0.25, 0.3) is 0 Å². The van der Waals surface area contributed by atoms with Crippen LogP contribution >= 0.6 is 0 Å². The SMILES string of the molecule is CCC(=O)[C@](CC(C)C)(C(=O)O)N(CC)C(=O)OCc1ccccc1. The van der Waals surface area contributed by atoms with Gasteiger partial charge in [-0.2, -0.15) is 0 Å². The maximum atomic E-state index is 12.6. The highest BCUT2D eigenvalue weighted by molar-refractivity contribution is 6.09. The number of rotatable bonds is 9. The highest BCUT2D eigenvalue weighted by atomic mass is 16.6. The van der Waals surface area contributed by atoms with Crippen molar-refractivity contribution in [3.05, 3.63) is 35.9 Å². The van der Waals surface area contributed by atoms with E-state index < -0.39 is 23.4 Å². The van der Waals surface area contributed by atoms with Gasteiger partial charge >= 0.3 is 12.1 Å². The van der Waals surface area contributed by atoms with Crippen LogP contribution in [-0.2, 0) is 20.9 Å². The summed E-state index contributed by atoms with van der Waals surface area (Å²) in [7, 11) is 0. The number of ketones is 1. The molecule has 0 heterocycles. The van der Waals surface area contributed by atoms with Crippen molar-refractivity contribution in [3.63, 3.8) is 0 Å². The Morgan fingerprint density at radius 1 is 1.16 bits per heavy atom. The molecule has 0 aliphatic rings. The minimum absolute atomic E-state index is 0.0217. The first-order valence-electron chi connectivity index (χ1n) is 8.54. The Morgan fingerprint density at radius 3 is 2.20 bits per heavy atom. The molecule has 0 saturated carbocycles. The van der Waals surface area contributed by atoms with Gasteiger partial charge in [0.05, 0.1) is 0 Å². The zero-order valence-corrected chi connectivity index (χ0v) is 15.3. The molecule has 0 unspecified atom stereocenters. The summed E-state index contributed by atoms with van der Waals surface area (Å²) in [4.78, 5) is 38.3. The van der Waals surface area contributed by atoms with Crippen LogP contribution in [0.1, 0.15) is 46.1 Å². The topological polar surface area (TPSA) is 83.9 Å². The molecule has 0 aliphatic carbocycles. The summed E-state index contributed by atoms with van der Waals surface area (Å²) in [6.07, 6.45) is -0.721. The third-order valence-corrected chi connectivity index (χ3v) is 4.04. The van der Waals surface area contributed by atoms with Gasteiger partial charge in [-0.3, -0.25) is 9.69 Å². The molecule has 0 radical (unpaired) electrons. The van der Waals surface area contributed by atoms with Crippen LogP contribution in [0.2, 0.25) is 0 Å². The second-order valence-corrected chi connectivity index (χ2v) is 6.32. The largest absolute Gasteiger partial charge is 0.479 e. The normalized spacial score (nSPS) is 13.2. The van der Waals surface area contributed by atoms with Gasteiger partial charge < -0.3 is 9.84 Å². The monoisotopic (exact) mass is 349 g/mol. The fourth-order valence-corrected chi connectivity index (χ4v) is 2.93. The Hall–Kier alpha value is -2.37. The van der Waals surface area contributed by atoms with Crippen molar-refractivity contribution < 1.29 is 24.2 Å². The summed E-state index contributed by atoms with van der Waals surface area (Å²) in [5.41, 5.74) is -1.11. The van der Waals surface area contributed by atoms with E-state index in [1.54, 1.807) is 26.0 Å². The van der Waals surface area contributed by atoms with Crippen LogP contribution in [0.5, 0.6) is 0 Å². The van der Waals surface area contributed by atoms with Crippen LogP contribution < -0.4 is 0 Å². The number of nitrogens with zero attached hydrogens (tertiary/aromatic N) is 1. The summed E-state index contributed by atoms with van der Waals surface area (Å²) in [6.45, 7) is 6.98. The molecule has 1 amide bonds. The van der Waals surface area contributed by atoms with Crippen molar-refractivity contribution >= 4 is 17.8 Å². The minimum atomic E-state index is -1.90. The van der Waals surface area contributed by atoms with Gasteiger partial charge in [-0.25, -0.2) is 9.59 Å². The van der Waals surface area contributed by atoms with E-state index in [1.165, 1.54) is 0 Å². The number of likely N-dealkylation sites (N-methyl/N-ethyl adjacent to an activating group) is 1. The molecule has 0 saturated heterocycles. The van der Waals surface area contributed by atoms with E-state index in [4.69, 9.17) is 4.74 Å². The van der Waals surface area contributed by atoms with Gasteiger partial charge in [-0.15, -0.1) is 0 Å². The molecule has 1 aromatic carbocycles. The van der Waals surface area contributed by atoms with Crippen LogP contribution in [0.4, 0.5) is 4.79 Å². The number of benzene rings is 1. The van der Waals surface area contributed by atoms with Crippen LogP contribution in [0.15, 0.2) is 30.3 Å². The average Bonchev–Trinajstić information content (AvgIpc) is 2.59. The average molecular weight is 349 g/mol. The summed E-state index contributed by atoms with van der Waals surface area (Å²) < 4.78 is 5.28. The van der Waals surface area contributed by atoms with E-state index >= 15 is 0 Å². The van der Waals surface area contributed by atoms with Crippen LogP contribution in [0, 0.1) is 5.92 Å². The number of ether oxygens (including phenoxy) is 1. The Morgan fingerprint density at radius 2 is 1.76 bits per heavy atom. The van der Waals surface area contributed by atoms with Crippen molar-refractivity contribution in [1.82, 2.24) is 4.90 Å². The second-order valence-electron chi connectivity index (χ2n) is 6.32. The van der Waals surface area contributed by atoms with E-state index in [2.05, 4.69) is 0 Å². The Bertz CT molecular complexity index is 599. The van der Waals surface area contributed by atoms with E-state index in [9.17, 15) is 19.5 Å². The van der Waals surface area contributed by atoms with Crippen molar-refractivity contribution in [2.45, 2.75) is 52.7 Å². The predicted octanol–water partition coefficient (Wildman–Crippen LogP) is 3.49. The molecule has 6 heteroatoms. The summed E-state index contributed by atoms with van der Waals surface area (Å²) in [5.74, 6) is -1.89. The highest BCUT2D eigenvalue weighted by Crippen LogP contribution is 2.28. The molecule has 138 valence electrons. The van der Waals surface area contributed by atoms with Crippen molar-refractivity contribution in [2.24, 2.45) is 5.92 Å². The fraction of sp³-hybridized carbons (Fsp3) is 0.526. The number of hydrogen-bond donors (Lipinski definition) is 1. The lowest BCUT2D eigenvalue weighted by atomic mass is 9.82. The molecule has 0 bridgehead atoms. The van der Waals surface area contributed by atoms with Gasteiger partial charge in [0.25, 0.3) is 0 Å². The van der Waals surface area contributed by atoms with Crippen molar-refractivity contribution in [3.8, 4) is 0 Å². The van der Waals surface area contributed by atoms with Crippen LogP contribution in [-0.4, -0.2) is 39.9 Å². The molecule has 1 atom stereocenters. The summed E-state index contributed by atoms with van der Waals surface area (Å²) in [6, 6.07) is 9.10. The maximum absolute atomic E-state index is 12.6. The van der Waals surface area contributed by atoms with Gasteiger partial charge in [-0.1, -0.05) is 51.1 Å². The molecular formula is C19H27NO5. The molecular weight excluding hydrogens is 322 g/mol. The zero-order chi connectivity index (χ0) is 19.0. The number of carboxylic acid groups (broad SMARTS) is 1. The standard InChI is InChI=1S/C19H27NO5/c1-5-16(21)19(17(22)23,12-14(3)4)20(6-2)18(24)25-13-15-10-8-7-9-11-15/h7-11,14H,5-6,12-13H2,1-4H3,(H,22,23)/t19-/m1/s1. The lowest BCUT2D eigenvalue weighted by molar-refractivity contribution is -0.158. The number of carbonyl (C=O) groups is 3. The van der Waals surface area contributed by atoms with E-state index in [-0.39, 0.29) is 31.9 Å². The number of amides is 1. The number of carbonyl (C=O) groups excluding carboxylic acids is 2. The number of carboxylic acids is 1. The predicted molar refractivity (Wildman–Crippen MR) is 94.1 cm³/mol. The van der Waals surface area contributed by atoms with Crippen LogP contribution in [0.3, 0.4) is 0 Å². The Labute approximate surface area is 148 Å². The summed E-state index contributed by atoms with van der Waals surface area (Å²) in [5, 5.41) is 9.84. The molecule has 0 fully saturated rings. The van der Waals surface area contributed by atoms with E-state index in [0.29, 0.717) is 0 Å². The maximum Gasteiger partial charge on any atom is 0.411 e. The van der Waals surface area contributed by atoms with E-state index in [1.807, 2.05) is 32.0 Å². The highest BCUT2D eigenvalue weighted by Gasteiger charge is 2.52. The molecule has 1 rings (SSSR count). The van der Waals surface area contributed by atoms with Gasteiger partial charge in [0.15, 0.2) is 5.78 Å². The number of aliphatic carboxylic acids is 1. The Balaban J connectivity index is 3.12. The molecule has 0 aromatic heterocycles. The van der Waals surface area contributed by atoms with Gasteiger partial charge in [-0.05, 0) is 24.8 Å². The van der Waals surface area contributed by atoms with Gasteiger partial charge in [0, 0.05) is 13.0 Å². The first kappa shape index (κ1) is 20.7. The lowest BCUT2D eigenvalue weighted by Crippen LogP contribution is -2.62. The zero-order valence-electron chi connectivity index (χ0n) is 15.3. The quantitative estimate of drug-likeness (QED) is 0.690. The molecule has 25 heavy (non-hydrogen) atoms. The summed E-state index contributed by atoms with van der Waals surface area (Å²) >= 11 is 0. The first-order valence-corrected chi connectivity index (χ1v) is 8.54. The number of hydrogen-bond acceptors (Lipinski definition) is 4. The van der Waals surface area contributed by atoms with Gasteiger partial charge in [0.2, 0.25) is 5.54 Å². The first-order chi connectivity index (χ1) is 11.8. The second kappa shape index (κ2) is 9.20.